The first kappa shape index (κ1) is 10.9. The molecule has 1 saturated heterocycles. The van der Waals surface area contributed by atoms with Gasteiger partial charge in [0.05, 0.1) is 11.9 Å². The van der Waals surface area contributed by atoms with E-state index >= 15 is 0 Å². The van der Waals surface area contributed by atoms with Crippen LogP contribution in [0.2, 0.25) is 0 Å². The Labute approximate surface area is 92.1 Å². The molecule has 2 N–H and O–H groups in total. The van der Waals surface area contributed by atoms with E-state index in [1.807, 2.05) is 0 Å². The highest BCUT2D eigenvalue weighted by Crippen LogP contribution is 2.25. The van der Waals surface area contributed by atoms with Crippen molar-refractivity contribution in [2.24, 2.45) is 22.6 Å². The summed E-state index contributed by atoms with van der Waals surface area (Å²) in [4.78, 5) is 4.55. The van der Waals surface area contributed by atoms with Gasteiger partial charge in [-0.05, 0) is 26.2 Å². The van der Waals surface area contributed by atoms with Gasteiger partial charge in [-0.3, -0.25) is 4.99 Å². The lowest BCUT2D eigenvalue weighted by atomic mass is 10.0. The lowest BCUT2D eigenvalue weighted by Crippen LogP contribution is -2.24. The van der Waals surface area contributed by atoms with Crippen LogP contribution in [0.25, 0.3) is 0 Å². The molecular weight excluding hydrogens is 188 g/mol. The van der Waals surface area contributed by atoms with Crippen LogP contribution in [0.3, 0.4) is 0 Å². The van der Waals surface area contributed by atoms with Crippen molar-refractivity contribution in [2.45, 2.75) is 45.1 Å². The molecule has 0 aromatic rings. The van der Waals surface area contributed by atoms with Crippen LogP contribution in [0, 0.1) is 11.8 Å². The van der Waals surface area contributed by atoms with E-state index in [0.717, 1.165) is 25.4 Å². The van der Waals surface area contributed by atoms with Crippen LogP contribution in [0.5, 0.6) is 0 Å². The van der Waals surface area contributed by atoms with E-state index in [9.17, 15) is 0 Å². The Morgan fingerprint density at radius 1 is 1.33 bits per heavy atom. The van der Waals surface area contributed by atoms with Gasteiger partial charge in [0, 0.05) is 25.0 Å². The summed E-state index contributed by atoms with van der Waals surface area (Å²) in [6, 6.07) is 0. The second kappa shape index (κ2) is 4.97. The van der Waals surface area contributed by atoms with E-state index in [2.05, 4.69) is 11.9 Å². The second-order valence-corrected chi connectivity index (χ2v) is 4.87. The van der Waals surface area contributed by atoms with Crippen LogP contribution < -0.4 is 5.73 Å². The summed E-state index contributed by atoms with van der Waals surface area (Å²) in [6.45, 7) is 3.90. The predicted octanol–water partition coefficient (Wildman–Crippen LogP) is 1.96. The Hall–Kier alpha value is -0.570. The minimum absolute atomic E-state index is 0.366. The van der Waals surface area contributed by atoms with Crippen molar-refractivity contribution in [1.82, 2.24) is 0 Å². The molecule has 1 aliphatic carbocycles. The zero-order valence-corrected chi connectivity index (χ0v) is 9.61. The average molecular weight is 210 g/mol. The number of nitrogens with zero attached hydrogens (tertiary/aromatic N) is 1. The van der Waals surface area contributed by atoms with Crippen LogP contribution in [-0.4, -0.2) is 25.1 Å². The highest BCUT2D eigenvalue weighted by atomic mass is 16.5. The molecule has 3 nitrogen and oxygen atoms in total. The zero-order chi connectivity index (χ0) is 10.7. The molecule has 2 aliphatic rings. The van der Waals surface area contributed by atoms with Crippen molar-refractivity contribution >= 4 is 5.84 Å². The minimum atomic E-state index is 0.366. The molecule has 0 amide bonds. The van der Waals surface area contributed by atoms with E-state index < -0.39 is 0 Å². The molecule has 1 saturated carbocycles. The van der Waals surface area contributed by atoms with Gasteiger partial charge in [0.2, 0.25) is 0 Å². The lowest BCUT2D eigenvalue weighted by molar-refractivity contribution is 0.107. The number of aliphatic imine (C=N–C) groups is 1. The van der Waals surface area contributed by atoms with Crippen molar-refractivity contribution in [3.05, 3.63) is 0 Å². The van der Waals surface area contributed by atoms with Crippen LogP contribution in [0.4, 0.5) is 0 Å². The van der Waals surface area contributed by atoms with Crippen molar-refractivity contribution < 1.29 is 4.74 Å². The van der Waals surface area contributed by atoms with E-state index in [4.69, 9.17) is 10.5 Å². The molecule has 2 atom stereocenters. The summed E-state index contributed by atoms with van der Waals surface area (Å²) in [7, 11) is 0. The van der Waals surface area contributed by atoms with Gasteiger partial charge in [0.25, 0.3) is 0 Å². The first-order valence-corrected chi connectivity index (χ1v) is 6.19. The Morgan fingerprint density at radius 2 is 2.07 bits per heavy atom. The summed E-state index contributed by atoms with van der Waals surface area (Å²) in [5, 5.41) is 0. The van der Waals surface area contributed by atoms with E-state index in [-0.39, 0.29) is 0 Å². The van der Waals surface area contributed by atoms with Gasteiger partial charge in [0.1, 0.15) is 0 Å². The fraction of sp³-hybridized carbons (Fsp3) is 0.917. The number of rotatable bonds is 3. The molecule has 0 spiro atoms. The van der Waals surface area contributed by atoms with Crippen molar-refractivity contribution in [1.29, 1.82) is 0 Å². The highest BCUT2D eigenvalue weighted by molar-refractivity contribution is 5.83. The van der Waals surface area contributed by atoms with Crippen molar-refractivity contribution in [2.75, 3.05) is 13.2 Å². The van der Waals surface area contributed by atoms with E-state index in [1.54, 1.807) is 0 Å². The smallest absolute Gasteiger partial charge is 0.0968 e. The normalized spacial score (nSPS) is 33.8. The molecule has 0 aromatic carbocycles. The van der Waals surface area contributed by atoms with E-state index in [0.29, 0.717) is 17.9 Å². The van der Waals surface area contributed by atoms with Gasteiger partial charge in [0.15, 0.2) is 0 Å². The molecule has 1 heterocycles. The molecule has 0 bridgehead atoms. The Kier molecular flexibility index (Phi) is 3.62. The number of hydrogen-bond acceptors (Lipinski definition) is 2. The molecular formula is C12H22N2O. The fourth-order valence-electron chi connectivity index (χ4n) is 2.59. The standard InChI is InChI=1S/C12H22N2O/c1-9-11(6-7-15-9)8-14-12(13)10-4-2-3-5-10/h9-11H,2-8H2,1H3,(H2,13,14). The minimum Gasteiger partial charge on any atom is -0.387 e. The largest absolute Gasteiger partial charge is 0.387 e. The molecule has 2 unspecified atom stereocenters. The molecule has 1 aliphatic heterocycles. The van der Waals surface area contributed by atoms with Crippen LogP contribution in [0.1, 0.15) is 39.0 Å². The molecule has 0 aromatic heterocycles. The Balaban J connectivity index is 1.81. The summed E-state index contributed by atoms with van der Waals surface area (Å²) in [6.07, 6.45) is 6.64. The second-order valence-electron chi connectivity index (χ2n) is 4.87. The SMILES string of the molecule is CC1OCCC1CN=C(N)C1CCCC1. The maximum absolute atomic E-state index is 6.01. The zero-order valence-electron chi connectivity index (χ0n) is 9.61. The van der Waals surface area contributed by atoms with Gasteiger partial charge in [-0.15, -0.1) is 0 Å². The maximum Gasteiger partial charge on any atom is 0.0968 e. The van der Waals surface area contributed by atoms with Gasteiger partial charge >= 0.3 is 0 Å². The van der Waals surface area contributed by atoms with Gasteiger partial charge in [-0.2, -0.15) is 0 Å². The average Bonchev–Trinajstić information content (AvgIpc) is 2.85. The molecule has 2 fully saturated rings. The van der Waals surface area contributed by atoms with Crippen molar-refractivity contribution in [3.63, 3.8) is 0 Å². The maximum atomic E-state index is 6.01. The topological polar surface area (TPSA) is 47.6 Å². The van der Waals surface area contributed by atoms with Gasteiger partial charge < -0.3 is 10.5 Å². The van der Waals surface area contributed by atoms with Crippen LogP contribution in [0.15, 0.2) is 4.99 Å². The summed E-state index contributed by atoms with van der Waals surface area (Å²) < 4.78 is 5.51. The third-order valence-corrected chi connectivity index (χ3v) is 3.82. The first-order chi connectivity index (χ1) is 7.27. The predicted molar refractivity (Wildman–Crippen MR) is 62.0 cm³/mol. The molecule has 86 valence electrons. The number of hydrogen-bond donors (Lipinski definition) is 1. The number of nitrogens with two attached hydrogens (primary N) is 1. The van der Waals surface area contributed by atoms with Crippen LogP contribution >= 0.6 is 0 Å². The lowest BCUT2D eigenvalue weighted by Gasteiger charge is -2.13. The molecule has 0 radical (unpaired) electrons. The van der Waals surface area contributed by atoms with Crippen molar-refractivity contribution in [3.8, 4) is 0 Å². The first-order valence-electron chi connectivity index (χ1n) is 6.19. The van der Waals surface area contributed by atoms with Gasteiger partial charge in [-0.25, -0.2) is 0 Å². The molecule has 3 heteroatoms. The van der Waals surface area contributed by atoms with Gasteiger partial charge in [-0.1, -0.05) is 12.8 Å². The number of amidine groups is 1. The van der Waals surface area contributed by atoms with Crippen LogP contribution in [-0.2, 0) is 4.74 Å². The monoisotopic (exact) mass is 210 g/mol. The highest BCUT2D eigenvalue weighted by Gasteiger charge is 2.24. The third kappa shape index (κ3) is 2.71. The summed E-state index contributed by atoms with van der Waals surface area (Å²) >= 11 is 0. The summed E-state index contributed by atoms with van der Waals surface area (Å²) in [5.41, 5.74) is 6.01. The Bertz CT molecular complexity index is 234. The molecule has 15 heavy (non-hydrogen) atoms. The fourth-order valence-corrected chi connectivity index (χ4v) is 2.59. The number of ether oxygens (including phenoxy) is 1. The summed E-state index contributed by atoms with van der Waals surface area (Å²) in [5.74, 6) is 2.05. The quantitative estimate of drug-likeness (QED) is 0.572. The third-order valence-electron chi connectivity index (χ3n) is 3.82. The molecule has 2 rings (SSSR count). The van der Waals surface area contributed by atoms with E-state index in [1.165, 1.54) is 25.7 Å². The Morgan fingerprint density at radius 3 is 2.67 bits per heavy atom.